The van der Waals surface area contributed by atoms with Crippen molar-refractivity contribution >= 4 is 17.8 Å². The van der Waals surface area contributed by atoms with E-state index in [1.54, 1.807) is 30.3 Å². The van der Waals surface area contributed by atoms with Crippen LogP contribution in [-0.2, 0) is 0 Å². The third-order valence-electron chi connectivity index (χ3n) is 2.54. The van der Waals surface area contributed by atoms with Gasteiger partial charge in [0.2, 0.25) is 0 Å². The second-order valence-corrected chi connectivity index (χ2v) is 3.82. The van der Waals surface area contributed by atoms with Crippen molar-refractivity contribution in [2.45, 2.75) is 0 Å². The van der Waals surface area contributed by atoms with E-state index in [1.807, 2.05) is 18.2 Å². The molecule has 0 bridgehead atoms. The standard InChI is InChI=1S/C15H11N3O/c1-2-11-3-6-13(7-4-11)15(19)18-14-8-5-12(9-16)10-17-14/h2-8,10H,1H2,(H,17,18,19). The lowest BCUT2D eigenvalue weighted by Gasteiger charge is -2.04. The molecule has 1 heterocycles. The van der Waals surface area contributed by atoms with E-state index in [9.17, 15) is 4.79 Å². The van der Waals surface area contributed by atoms with E-state index in [4.69, 9.17) is 5.26 Å². The first-order valence-electron chi connectivity index (χ1n) is 5.63. The second kappa shape index (κ2) is 5.61. The quantitative estimate of drug-likeness (QED) is 0.909. The summed E-state index contributed by atoms with van der Waals surface area (Å²) in [7, 11) is 0. The van der Waals surface area contributed by atoms with Gasteiger partial charge in [0.05, 0.1) is 5.56 Å². The number of nitrogens with one attached hydrogen (secondary N) is 1. The fraction of sp³-hybridized carbons (Fsp3) is 0. The van der Waals surface area contributed by atoms with E-state index in [0.717, 1.165) is 5.56 Å². The maximum Gasteiger partial charge on any atom is 0.256 e. The largest absolute Gasteiger partial charge is 0.307 e. The van der Waals surface area contributed by atoms with Gasteiger partial charge in [-0.05, 0) is 29.8 Å². The number of anilines is 1. The number of hydrogen-bond acceptors (Lipinski definition) is 3. The van der Waals surface area contributed by atoms with E-state index in [0.29, 0.717) is 16.9 Å². The summed E-state index contributed by atoms with van der Waals surface area (Å²) in [6.07, 6.45) is 3.13. The molecule has 19 heavy (non-hydrogen) atoms. The van der Waals surface area contributed by atoms with Crippen LogP contribution in [0.1, 0.15) is 21.5 Å². The van der Waals surface area contributed by atoms with Crippen molar-refractivity contribution in [1.82, 2.24) is 4.98 Å². The number of aromatic nitrogens is 1. The van der Waals surface area contributed by atoms with Gasteiger partial charge in [-0.25, -0.2) is 4.98 Å². The first kappa shape index (κ1) is 12.5. The number of benzene rings is 1. The minimum absolute atomic E-state index is 0.243. The Kier molecular flexibility index (Phi) is 3.70. The van der Waals surface area contributed by atoms with Crippen LogP contribution in [0.25, 0.3) is 6.08 Å². The molecule has 0 spiro atoms. The normalized spacial score (nSPS) is 9.42. The van der Waals surface area contributed by atoms with Crippen molar-refractivity contribution in [1.29, 1.82) is 5.26 Å². The highest BCUT2D eigenvalue weighted by molar-refractivity contribution is 6.03. The molecule has 0 saturated carbocycles. The molecule has 2 rings (SSSR count). The maximum absolute atomic E-state index is 11.9. The van der Waals surface area contributed by atoms with Crippen LogP contribution in [0, 0.1) is 11.3 Å². The van der Waals surface area contributed by atoms with Crippen LogP contribution < -0.4 is 5.32 Å². The van der Waals surface area contributed by atoms with Gasteiger partial charge in [0, 0.05) is 11.8 Å². The third-order valence-corrected chi connectivity index (χ3v) is 2.54. The van der Waals surface area contributed by atoms with Crippen LogP contribution in [0.4, 0.5) is 5.82 Å². The Morgan fingerprint density at radius 3 is 2.53 bits per heavy atom. The van der Waals surface area contributed by atoms with Crippen LogP contribution in [0.2, 0.25) is 0 Å². The molecule has 1 amide bonds. The second-order valence-electron chi connectivity index (χ2n) is 3.82. The minimum Gasteiger partial charge on any atom is -0.307 e. The van der Waals surface area contributed by atoms with Crippen LogP contribution >= 0.6 is 0 Å². The van der Waals surface area contributed by atoms with Crippen LogP contribution in [0.3, 0.4) is 0 Å². The van der Waals surface area contributed by atoms with Crippen LogP contribution in [0.15, 0.2) is 49.2 Å². The van der Waals surface area contributed by atoms with Gasteiger partial charge in [-0.15, -0.1) is 0 Å². The van der Waals surface area contributed by atoms with Gasteiger partial charge in [0.25, 0.3) is 5.91 Å². The summed E-state index contributed by atoms with van der Waals surface area (Å²) in [5.74, 6) is 0.171. The molecule has 0 unspecified atom stereocenters. The topological polar surface area (TPSA) is 65.8 Å². The Morgan fingerprint density at radius 2 is 2.00 bits per heavy atom. The predicted octanol–water partition coefficient (Wildman–Crippen LogP) is 2.85. The Hall–Kier alpha value is -2.93. The van der Waals surface area contributed by atoms with Gasteiger partial charge < -0.3 is 5.32 Å². The van der Waals surface area contributed by atoms with Gasteiger partial charge in [-0.1, -0.05) is 24.8 Å². The summed E-state index contributed by atoms with van der Waals surface area (Å²) in [5.41, 5.74) is 1.94. The van der Waals surface area contributed by atoms with Crippen molar-refractivity contribution in [3.63, 3.8) is 0 Å². The summed E-state index contributed by atoms with van der Waals surface area (Å²) >= 11 is 0. The smallest absolute Gasteiger partial charge is 0.256 e. The fourth-order valence-electron chi connectivity index (χ4n) is 1.49. The maximum atomic E-state index is 11.9. The number of amides is 1. The molecule has 1 aromatic carbocycles. The Balaban J connectivity index is 2.11. The first-order valence-corrected chi connectivity index (χ1v) is 5.63. The number of pyridine rings is 1. The highest BCUT2D eigenvalue weighted by Gasteiger charge is 2.06. The highest BCUT2D eigenvalue weighted by atomic mass is 16.1. The van der Waals surface area contributed by atoms with Gasteiger partial charge in [-0.3, -0.25) is 4.79 Å². The monoisotopic (exact) mass is 249 g/mol. The summed E-state index contributed by atoms with van der Waals surface area (Å²) in [4.78, 5) is 15.9. The number of rotatable bonds is 3. The van der Waals surface area contributed by atoms with E-state index in [1.165, 1.54) is 6.20 Å². The van der Waals surface area contributed by atoms with Gasteiger partial charge in [0.15, 0.2) is 0 Å². The molecule has 0 fully saturated rings. The molecule has 0 aliphatic carbocycles. The van der Waals surface area contributed by atoms with Crippen LogP contribution in [-0.4, -0.2) is 10.9 Å². The number of hydrogen-bond donors (Lipinski definition) is 1. The van der Waals surface area contributed by atoms with E-state index in [2.05, 4.69) is 16.9 Å². The zero-order valence-electron chi connectivity index (χ0n) is 10.1. The van der Waals surface area contributed by atoms with Gasteiger partial charge >= 0.3 is 0 Å². The molecule has 2 aromatic rings. The minimum atomic E-state index is -0.243. The average molecular weight is 249 g/mol. The predicted molar refractivity (Wildman–Crippen MR) is 73.4 cm³/mol. The molecule has 0 saturated heterocycles. The molecule has 1 aromatic heterocycles. The van der Waals surface area contributed by atoms with Gasteiger partial charge in [-0.2, -0.15) is 5.26 Å². The molecule has 0 aliphatic rings. The van der Waals surface area contributed by atoms with Crippen molar-refractivity contribution in [2.75, 3.05) is 5.32 Å². The Labute approximate surface area is 111 Å². The lowest BCUT2D eigenvalue weighted by molar-refractivity contribution is 0.102. The van der Waals surface area contributed by atoms with Crippen molar-refractivity contribution in [2.24, 2.45) is 0 Å². The summed E-state index contributed by atoms with van der Waals surface area (Å²) < 4.78 is 0. The van der Waals surface area contributed by atoms with Gasteiger partial charge in [0.1, 0.15) is 11.9 Å². The molecule has 0 aliphatic heterocycles. The number of nitrogens with zero attached hydrogens (tertiary/aromatic N) is 2. The highest BCUT2D eigenvalue weighted by Crippen LogP contribution is 2.09. The molecule has 0 atom stereocenters. The van der Waals surface area contributed by atoms with E-state index >= 15 is 0 Å². The fourth-order valence-corrected chi connectivity index (χ4v) is 1.49. The molecule has 0 radical (unpaired) electrons. The Morgan fingerprint density at radius 1 is 1.26 bits per heavy atom. The van der Waals surface area contributed by atoms with Crippen molar-refractivity contribution in [3.8, 4) is 6.07 Å². The SMILES string of the molecule is C=Cc1ccc(C(=O)Nc2ccc(C#N)cn2)cc1. The molecule has 4 heteroatoms. The summed E-state index contributed by atoms with van der Waals surface area (Å²) in [5, 5.41) is 11.3. The van der Waals surface area contributed by atoms with Crippen molar-refractivity contribution < 1.29 is 4.79 Å². The first-order chi connectivity index (χ1) is 9.22. The van der Waals surface area contributed by atoms with Crippen molar-refractivity contribution in [3.05, 3.63) is 65.9 Å². The van der Waals surface area contributed by atoms with E-state index < -0.39 is 0 Å². The summed E-state index contributed by atoms with van der Waals surface area (Å²) in [6, 6.07) is 12.2. The molecule has 1 N–H and O–H groups in total. The molecular formula is C15H11N3O. The molecule has 4 nitrogen and oxygen atoms in total. The third kappa shape index (κ3) is 3.05. The molecular weight excluding hydrogens is 238 g/mol. The number of nitriles is 1. The summed E-state index contributed by atoms with van der Waals surface area (Å²) in [6.45, 7) is 3.65. The molecule has 92 valence electrons. The lowest BCUT2D eigenvalue weighted by atomic mass is 10.1. The number of carbonyl (C=O) groups is 1. The Bertz CT molecular complexity index is 637. The average Bonchev–Trinajstić information content (AvgIpc) is 2.48. The zero-order chi connectivity index (χ0) is 13.7. The lowest BCUT2D eigenvalue weighted by Crippen LogP contribution is -2.12. The van der Waals surface area contributed by atoms with E-state index in [-0.39, 0.29) is 5.91 Å². The number of carbonyl (C=O) groups excluding carboxylic acids is 1. The van der Waals surface area contributed by atoms with Crippen LogP contribution in [0.5, 0.6) is 0 Å². The zero-order valence-corrected chi connectivity index (χ0v) is 10.1.